The van der Waals surface area contributed by atoms with Gasteiger partial charge in [0.15, 0.2) is 6.29 Å². The lowest BCUT2D eigenvalue weighted by molar-refractivity contribution is -0.0461. The van der Waals surface area contributed by atoms with Crippen molar-refractivity contribution in [1.29, 1.82) is 0 Å². The summed E-state index contributed by atoms with van der Waals surface area (Å²) in [4.78, 5) is 0. The topological polar surface area (TPSA) is 18.5 Å². The number of rotatable bonds is 2. The fourth-order valence-corrected chi connectivity index (χ4v) is 0.954. The van der Waals surface area contributed by atoms with Crippen LogP contribution in [0.4, 0.5) is 0 Å². The standard InChI is InChI=1S/C6H11ClO2/c1-5(7)4-6-8-2-3-9-6/h5-6H,2-4H2,1H3. The van der Waals surface area contributed by atoms with E-state index in [-0.39, 0.29) is 11.7 Å². The van der Waals surface area contributed by atoms with Crippen molar-refractivity contribution in [3.8, 4) is 0 Å². The molecule has 0 aromatic rings. The van der Waals surface area contributed by atoms with E-state index in [1.807, 2.05) is 6.92 Å². The first kappa shape index (κ1) is 7.32. The van der Waals surface area contributed by atoms with Gasteiger partial charge in [-0.25, -0.2) is 0 Å². The molecule has 3 heteroatoms. The maximum Gasteiger partial charge on any atom is 0.159 e. The van der Waals surface area contributed by atoms with Crippen molar-refractivity contribution in [2.75, 3.05) is 13.2 Å². The molecule has 0 aromatic heterocycles. The van der Waals surface area contributed by atoms with Gasteiger partial charge in [0.25, 0.3) is 0 Å². The van der Waals surface area contributed by atoms with E-state index >= 15 is 0 Å². The normalized spacial score (nSPS) is 24.7. The highest BCUT2D eigenvalue weighted by atomic mass is 35.5. The van der Waals surface area contributed by atoms with Crippen LogP contribution in [0, 0.1) is 0 Å². The third kappa shape index (κ3) is 2.52. The average Bonchev–Trinajstić information content (AvgIpc) is 2.15. The smallest absolute Gasteiger partial charge is 0.159 e. The van der Waals surface area contributed by atoms with E-state index in [4.69, 9.17) is 21.1 Å². The van der Waals surface area contributed by atoms with Crippen LogP contribution in [0.1, 0.15) is 13.3 Å². The molecule has 0 saturated carbocycles. The minimum atomic E-state index is -0.0440. The summed E-state index contributed by atoms with van der Waals surface area (Å²) in [6.07, 6.45) is 0.749. The Hall–Kier alpha value is 0.210. The lowest BCUT2D eigenvalue weighted by Crippen LogP contribution is -2.11. The van der Waals surface area contributed by atoms with Crippen molar-refractivity contribution in [1.82, 2.24) is 0 Å². The molecule has 0 aromatic carbocycles. The lowest BCUT2D eigenvalue weighted by atomic mass is 10.3. The number of alkyl halides is 1. The first-order valence-electron chi connectivity index (χ1n) is 3.16. The zero-order valence-electron chi connectivity index (χ0n) is 5.47. The summed E-state index contributed by atoms with van der Waals surface area (Å²) < 4.78 is 10.3. The Labute approximate surface area is 60.1 Å². The second kappa shape index (κ2) is 3.40. The van der Waals surface area contributed by atoms with Crippen LogP contribution in [0.2, 0.25) is 0 Å². The molecule has 2 nitrogen and oxygen atoms in total. The quantitative estimate of drug-likeness (QED) is 0.554. The van der Waals surface area contributed by atoms with Crippen molar-refractivity contribution in [3.05, 3.63) is 0 Å². The van der Waals surface area contributed by atoms with E-state index in [9.17, 15) is 0 Å². The number of hydrogen-bond acceptors (Lipinski definition) is 2. The van der Waals surface area contributed by atoms with Crippen LogP contribution in [-0.2, 0) is 9.47 Å². The summed E-state index contributed by atoms with van der Waals surface area (Å²) in [6.45, 7) is 3.37. The van der Waals surface area contributed by atoms with Crippen LogP contribution in [0.5, 0.6) is 0 Å². The Morgan fingerprint density at radius 1 is 1.56 bits per heavy atom. The average molecular weight is 151 g/mol. The van der Waals surface area contributed by atoms with Gasteiger partial charge < -0.3 is 9.47 Å². The predicted octanol–water partition coefficient (Wildman–Crippen LogP) is 1.38. The van der Waals surface area contributed by atoms with Crippen LogP contribution in [0.15, 0.2) is 0 Å². The van der Waals surface area contributed by atoms with Gasteiger partial charge in [0.2, 0.25) is 0 Å². The van der Waals surface area contributed by atoms with Crippen LogP contribution in [0.25, 0.3) is 0 Å². The highest BCUT2D eigenvalue weighted by molar-refractivity contribution is 6.20. The van der Waals surface area contributed by atoms with Gasteiger partial charge in [-0.2, -0.15) is 0 Å². The number of ether oxygens (including phenoxy) is 2. The maximum atomic E-state index is 5.70. The van der Waals surface area contributed by atoms with Crippen molar-refractivity contribution in [2.45, 2.75) is 25.0 Å². The fourth-order valence-electron chi connectivity index (χ4n) is 0.809. The van der Waals surface area contributed by atoms with Gasteiger partial charge in [-0.1, -0.05) is 0 Å². The molecule has 0 spiro atoms. The van der Waals surface area contributed by atoms with Crippen LogP contribution in [0.3, 0.4) is 0 Å². The van der Waals surface area contributed by atoms with E-state index in [2.05, 4.69) is 0 Å². The molecule has 0 radical (unpaired) electrons. The first-order chi connectivity index (χ1) is 4.29. The van der Waals surface area contributed by atoms with E-state index in [0.717, 1.165) is 6.42 Å². The summed E-state index contributed by atoms with van der Waals surface area (Å²) in [5.41, 5.74) is 0. The molecular formula is C6H11ClO2. The molecule has 1 rings (SSSR count). The second-order valence-electron chi connectivity index (χ2n) is 2.19. The van der Waals surface area contributed by atoms with Crippen LogP contribution in [-0.4, -0.2) is 24.9 Å². The van der Waals surface area contributed by atoms with Crippen LogP contribution < -0.4 is 0 Å². The summed E-state index contributed by atoms with van der Waals surface area (Å²) in [6, 6.07) is 0. The van der Waals surface area contributed by atoms with Crippen molar-refractivity contribution in [2.24, 2.45) is 0 Å². The third-order valence-electron chi connectivity index (χ3n) is 1.21. The third-order valence-corrected chi connectivity index (χ3v) is 1.39. The largest absolute Gasteiger partial charge is 0.350 e. The maximum absolute atomic E-state index is 5.70. The monoisotopic (exact) mass is 150 g/mol. The van der Waals surface area contributed by atoms with Gasteiger partial charge in [0.1, 0.15) is 0 Å². The molecule has 1 aliphatic heterocycles. The van der Waals surface area contributed by atoms with Gasteiger partial charge in [-0.15, -0.1) is 11.6 Å². The Morgan fingerprint density at radius 3 is 2.56 bits per heavy atom. The zero-order valence-corrected chi connectivity index (χ0v) is 6.23. The molecule has 1 saturated heterocycles. The van der Waals surface area contributed by atoms with Gasteiger partial charge in [-0.3, -0.25) is 0 Å². The summed E-state index contributed by atoms with van der Waals surface area (Å²) >= 11 is 5.70. The fraction of sp³-hybridized carbons (Fsp3) is 1.00. The molecule has 1 fully saturated rings. The molecule has 0 amide bonds. The van der Waals surface area contributed by atoms with Gasteiger partial charge in [-0.05, 0) is 6.92 Å². The van der Waals surface area contributed by atoms with E-state index < -0.39 is 0 Å². The lowest BCUT2D eigenvalue weighted by Gasteiger charge is -2.08. The van der Waals surface area contributed by atoms with E-state index in [1.54, 1.807) is 0 Å². The minimum Gasteiger partial charge on any atom is -0.350 e. The minimum absolute atomic E-state index is 0.0440. The number of halogens is 1. The number of hydrogen-bond donors (Lipinski definition) is 0. The van der Waals surface area contributed by atoms with Crippen LogP contribution >= 0.6 is 11.6 Å². The van der Waals surface area contributed by atoms with Gasteiger partial charge in [0.05, 0.1) is 13.2 Å². The van der Waals surface area contributed by atoms with Gasteiger partial charge >= 0.3 is 0 Å². The molecule has 0 bridgehead atoms. The molecule has 1 unspecified atom stereocenters. The first-order valence-corrected chi connectivity index (χ1v) is 3.60. The molecule has 0 N–H and O–H groups in total. The Kier molecular flexibility index (Phi) is 2.76. The molecule has 1 atom stereocenters. The highest BCUT2D eigenvalue weighted by Gasteiger charge is 2.17. The molecule has 0 aliphatic carbocycles. The summed E-state index contributed by atoms with van der Waals surface area (Å²) in [5.74, 6) is 0. The molecular weight excluding hydrogens is 140 g/mol. The van der Waals surface area contributed by atoms with Crippen molar-refractivity contribution >= 4 is 11.6 Å². The second-order valence-corrected chi connectivity index (χ2v) is 2.93. The highest BCUT2D eigenvalue weighted by Crippen LogP contribution is 2.12. The van der Waals surface area contributed by atoms with Crippen molar-refractivity contribution in [3.63, 3.8) is 0 Å². The Bertz CT molecular complexity index is 79.1. The molecule has 1 aliphatic rings. The Balaban J connectivity index is 2.11. The molecule has 9 heavy (non-hydrogen) atoms. The van der Waals surface area contributed by atoms with E-state index in [0.29, 0.717) is 13.2 Å². The molecule has 54 valence electrons. The predicted molar refractivity (Wildman–Crippen MR) is 35.6 cm³/mol. The van der Waals surface area contributed by atoms with E-state index in [1.165, 1.54) is 0 Å². The Morgan fingerprint density at radius 2 is 2.11 bits per heavy atom. The summed E-state index contributed by atoms with van der Waals surface area (Å²) in [5, 5.41) is 0.146. The zero-order chi connectivity index (χ0) is 6.69. The van der Waals surface area contributed by atoms with Crippen molar-refractivity contribution < 1.29 is 9.47 Å². The molecule has 1 heterocycles. The van der Waals surface area contributed by atoms with Gasteiger partial charge in [0, 0.05) is 11.8 Å². The summed E-state index contributed by atoms with van der Waals surface area (Å²) in [7, 11) is 0. The SMILES string of the molecule is CC(Cl)CC1OCCO1.